The number of amides is 1. The van der Waals surface area contributed by atoms with E-state index in [9.17, 15) is 20.0 Å². The fraction of sp³-hybridized carbons (Fsp3) is 0. The summed E-state index contributed by atoms with van der Waals surface area (Å²) < 4.78 is 5.52. The molecule has 1 amide bonds. The molecule has 0 radical (unpaired) electrons. The number of carbonyl (C=O) groups is 1. The second-order valence-electron chi connectivity index (χ2n) is 5.37. The number of nitro groups is 1. The summed E-state index contributed by atoms with van der Waals surface area (Å²) in [5.41, 5.74) is 2.62. The van der Waals surface area contributed by atoms with Crippen LogP contribution in [0.3, 0.4) is 0 Å². The zero-order valence-corrected chi connectivity index (χ0v) is 14.4. The summed E-state index contributed by atoms with van der Waals surface area (Å²) in [6, 6.07) is 13.2. The predicted octanol–water partition coefficient (Wildman–Crippen LogP) is 3.98. The number of phenolic OH excluding ortho intramolecular Hbond substituents is 1. The van der Waals surface area contributed by atoms with E-state index in [0.717, 1.165) is 0 Å². The summed E-state index contributed by atoms with van der Waals surface area (Å²) in [5.74, 6) is -0.00119. The lowest BCUT2D eigenvalue weighted by atomic mass is 10.1. The Balaban J connectivity index is 1.74. The first kappa shape index (κ1) is 18.2. The van der Waals surface area contributed by atoms with E-state index in [0.29, 0.717) is 0 Å². The largest absolute Gasteiger partial charge is 0.508 e. The van der Waals surface area contributed by atoms with Crippen molar-refractivity contribution in [3.63, 3.8) is 0 Å². The van der Waals surface area contributed by atoms with E-state index in [-0.39, 0.29) is 39.1 Å². The zero-order chi connectivity index (χ0) is 19.4. The molecule has 1 heterocycles. The van der Waals surface area contributed by atoms with Crippen LogP contribution in [0.25, 0.3) is 11.3 Å². The molecule has 0 aliphatic heterocycles. The monoisotopic (exact) mass is 385 g/mol. The van der Waals surface area contributed by atoms with Crippen molar-refractivity contribution in [1.29, 1.82) is 0 Å². The molecule has 0 atom stereocenters. The van der Waals surface area contributed by atoms with Crippen molar-refractivity contribution in [3.05, 3.63) is 81.1 Å². The highest BCUT2D eigenvalue weighted by atomic mass is 35.5. The highest BCUT2D eigenvalue weighted by Crippen LogP contribution is 2.33. The van der Waals surface area contributed by atoms with Crippen LogP contribution in [0.4, 0.5) is 5.69 Å². The molecule has 3 rings (SSSR count). The molecule has 1 aromatic heterocycles. The van der Waals surface area contributed by atoms with Gasteiger partial charge in [0.1, 0.15) is 17.3 Å². The van der Waals surface area contributed by atoms with Crippen LogP contribution in [0.2, 0.25) is 5.02 Å². The summed E-state index contributed by atoms with van der Waals surface area (Å²) in [5, 5.41) is 24.6. The first-order valence-electron chi connectivity index (χ1n) is 7.60. The van der Waals surface area contributed by atoms with Crippen LogP contribution >= 0.6 is 11.6 Å². The van der Waals surface area contributed by atoms with Gasteiger partial charge in [0.05, 0.1) is 16.7 Å². The standard InChI is InChI=1S/C18H12ClN3O5/c19-12-4-6-15(16(9-12)22(25)26)17-7-5-14(27-17)10-20-21-18(24)11-2-1-3-13(23)8-11/h1-10,23H,(H,21,24)/b20-10-. The molecule has 3 aromatic rings. The van der Waals surface area contributed by atoms with E-state index < -0.39 is 10.8 Å². The van der Waals surface area contributed by atoms with Gasteiger partial charge in [0.2, 0.25) is 0 Å². The number of hydrogen-bond acceptors (Lipinski definition) is 6. The van der Waals surface area contributed by atoms with Gasteiger partial charge < -0.3 is 9.52 Å². The number of benzene rings is 2. The van der Waals surface area contributed by atoms with Gasteiger partial charge in [-0.3, -0.25) is 14.9 Å². The molecule has 0 unspecified atom stereocenters. The minimum absolute atomic E-state index is 0.0353. The third-order valence-corrected chi connectivity index (χ3v) is 3.75. The van der Waals surface area contributed by atoms with Gasteiger partial charge in [-0.2, -0.15) is 5.10 Å². The van der Waals surface area contributed by atoms with Crippen molar-refractivity contribution in [3.8, 4) is 17.1 Å². The average molecular weight is 386 g/mol. The molecule has 9 heteroatoms. The number of nitrogens with zero attached hydrogens (tertiary/aromatic N) is 2. The quantitative estimate of drug-likeness (QED) is 0.391. The molecule has 2 N–H and O–H groups in total. The van der Waals surface area contributed by atoms with Gasteiger partial charge in [-0.25, -0.2) is 5.43 Å². The number of rotatable bonds is 5. The van der Waals surface area contributed by atoms with Crippen molar-refractivity contribution in [1.82, 2.24) is 5.43 Å². The van der Waals surface area contributed by atoms with Crippen molar-refractivity contribution in [2.75, 3.05) is 0 Å². The topological polar surface area (TPSA) is 118 Å². The molecule has 27 heavy (non-hydrogen) atoms. The SMILES string of the molecule is O=C(N/N=C\c1ccc(-c2ccc(Cl)cc2[N+](=O)[O-])o1)c1cccc(O)c1. The molecule has 0 aliphatic rings. The Morgan fingerprint density at radius 2 is 2.04 bits per heavy atom. The molecule has 136 valence electrons. The van der Waals surface area contributed by atoms with Gasteiger partial charge in [-0.1, -0.05) is 17.7 Å². The lowest BCUT2D eigenvalue weighted by Gasteiger charge is -2.00. The lowest BCUT2D eigenvalue weighted by molar-refractivity contribution is -0.384. The molecule has 0 aliphatic carbocycles. The zero-order valence-electron chi connectivity index (χ0n) is 13.6. The summed E-state index contributed by atoms with van der Waals surface area (Å²) in [6.45, 7) is 0. The molecule has 0 saturated heterocycles. The fourth-order valence-corrected chi connectivity index (χ4v) is 2.46. The van der Waals surface area contributed by atoms with E-state index in [1.807, 2.05) is 0 Å². The third-order valence-electron chi connectivity index (χ3n) is 3.51. The van der Waals surface area contributed by atoms with Crippen molar-refractivity contribution < 1.29 is 19.2 Å². The summed E-state index contributed by atoms with van der Waals surface area (Å²) in [7, 11) is 0. The number of furan rings is 1. The van der Waals surface area contributed by atoms with Crippen LogP contribution in [0, 0.1) is 10.1 Å². The Hall–Kier alpha value is -3.65. The van der Waals surface area contributed by atoms with E-state index >= 15 is 0 Å². The maximum atomic E-state index is 11.9. The summed E-state index contributed by atoms with van der Waals surface area (Å²) in [6.07, 6.45) is 1.26. The van der Waals surface area contributed by atoms with Crippen molar-refractivity contribution >= 4 is 29.4 Å². The van der Waals surface area contributed by atoms with Crippen LogP contribution in [0.1, 0.15) is 16.1 Å². The summed E-state index contributed by atoms with van der Waals surface area (Å²) >= 11 is 5.80. The normalized spacial score (nSPS) is 10.9. The Labute approximate surface area is 157 Å². The van der Waals surface area contributed by atoms with Crippen molar-refractivity contribution in [2.45, 2.75) is 0 Å². The second kappa shape index (κ2) is 7.71. The second-order valence-corrected chi connectivity index (χ2v) is 5.81. The maximum absolute atomic E-state index is 11.9. The third kappa shape index (κ3) is 4.31. The molecular weight excluding hydrogens is 374 g/mol. The maximum Gasteiger partial charge on any atom is 0.281 e. The van der Waals surface area contributed by atoms with Gasteiger partial charge in [-0.15, -0.1) is 0 Å². The Morgan fingerprint density at radius 1 is 1.22 bits per heavy atom. The van der Waals surface area contributed by atoms with Gasteiger partial charge in [-0.05, 0) is 42.5 Å². The lowest BCUT2D eigenvalue weighted by Crippen LogP contribution is -2.17. The number of aromatic hydroxyl groups is 1. The minimum Gasteiger partial charge on any atom is -0.508 e. The molecule has 8 nitrogen and oxygen atoms in total. The van der Waals surface area contributed by atoms with Gasteiger partial charge in [0.15, 0.2) is 0 Å². The Morgan fingerprint density at radius 3 is 2.78 bits per heavy atom. The smallest absolute Gasteiger partial charge is 0.281 e. The Bertz CT molecular complexity index is 1040. The van der Waals surface area contributed by atoms with Gasteiger partial charge in [0.25, 0.3) is 11.6 Å². The number of phenols is 1. The predicted molar refractivity (Wildman–Crippen MR) is 99.0 cm³/mol. The van der Waals surface area contributed by atoms with Gasteiger partial charge >= 0.3 is 0 Å². The number of halogens is 1. The van der Waals surface area contributed by atoms with Crippen LogP contribution in [0.15, 0.2) is 64.1 Å². The highest BCUT2D eigenvalue weighted by molar-refractivity contribution is 6.30. The van der Waals surface area contributed by atoms with E-state index in [1.54, 1.807) is 12.1 Å². The number of hydrazone groups is 1. The molecule has 2 aromatic carbocycles. The number of hydrogen-bond donors (Lipinski definition) is 2. The van der Waals surface area contributed by atoms with Crippen LogP contribution in [0.5, 0.6) is 5.75 Å². The van der Waals surface area contributed by atoms with Crippen LogP contribution in [-0.2, 0) is 0 Å². The molecule has 0 spiro atoms. The Kier molecular flexibility index (Phi) is 5.18. The van der Waals surface area contributed by atoms with E-state index in [2.05, 4.69) is 10.5 Å². The van der Waals surface area contributed by atoms with Crippen molar-refractivity contribution in [2.24, 2.45) is 5.10 Å². The van der Waals surface area contributed by atoms with E-state index in [4.69, 9.17) is 16.0 Å². The molecule has 0 saturated carbocycles. The number of carbonyl (C=O) groups excluding carboxylic acids is 1. The molecule has 0 bridgehead atoms. The molecular formula is C18H12ClN3O5. The molecule has 0 fully saturated rings. The number of nitro benzene ring substituents is 1. The van der Waals surface area contributed by atoms with Crippen LogP contribution in [-0.4, -0.2) is 22.2 Å². The fourth-order valence-electron chi connectivity index (χ4n) is 2.30. The highest BCUT2D eigenvalue weighted by Gasteiger charge is 2.18. The average Bonchev–Trinajstić information content (AvgIpc) is 3.10. The first-order chi connectivity index (χ1) is 12.9. The van der Waals surface area contributed by atoms with Gasteiger partial charge in [0, 0.05) is 16.7 Å². The summed E-state index contributed by atoms with van der Waals surface area (Å²) in [4.78, 5) is 22.5. The van der Waals surface area contributed by atoms with E-state index in [1.165, 1.54) is 48.7 Å². The minimum atomic E-state index is -0.549. The first-order valence-corrected chi connectivity index (χ1v) is 7.98. The van der Waals surface area contributed by atoms with Crippen LogP contribution < -0.4 is 5.43 Å². The number of nitrogens with one attached hydrogen (secondary N) is 1.